The van der Waals surface area contributed by atoms with Gasteiger partial charge in [-0.1, -0.05) is 32.9 Å². The minimum Gasteiger partial charge on any atom is -0.407 e. The largest absolute Gasteiger partial charge is 0.407 e. The summed E-state index contributed by atoms with van der Waals surface area (Å²) in [5.74, 6) is -4.44. The summed E-state index contributed by atoms with van der Waals surface area (Å²) in [6.45, 7) is 7.63. The fourth-order valence-corrected chi connectivity index (χ4v) is 6.33. The Balaban J connectivity index is 2.42. The second-order valence-electron chi connectivity index (χ2n) is 7.24. The molecule has 142 valence electrons. The molecule has 2 atom stereocenters. The van der Waals surface area contributed by atoms with Crippen molar-refractivity contribution in [3.63, 3.8) is 0 Å². The van der Waals surface area contributed by atoms with E-state index < -0.39 is 37.8 Å². The van der Waals surface area contributed by atoms with Crippen molar-refractivity contribution in [3.05, 3.63) is 35.1 Å². The summed E-state index contributed by atoms with van der Waals surface area (Å²) in [6.07, 6.45) is 0.198. The van der Waals surface area contributed by atoms with Crippen LogP contribution in [0.3, 0.4) is 0 Å². The molecule has 2 N–H and O–H groups in total. The maximum absolute atomic E-state index is 15.4. The Kier molecular flexibility index (Phi) is 6.38. The summed E-state index contributed by atoms with van der Waals surface area (Å²) in [4.78, 5) is 0. The number of alkyl halides is 2. The highest BCUT2D eigenvalue weighted by Gasteiger charge is 2.54. The van der Waals surface area contributed by atoms with E-state index >= 15 is 8.78 Å². The van der Waals surface area contributed by atoms with Gasteiger partial charge in [-0.05, 0) is 49.9 Å². The summed E-state index contributed by atoms with van der Waals surface area (Å²) in [5, 5.41) is 0. The molecule has 0 aliphatic heterocycles. The lowest BCUT2D eigenvalue weighted by Gasteiger charge is -2.37. The zero-order valence-corrected chi connectivity index (χ0v) is 16.6. The van der Waals surface area contributed by atoms with Crippen LogP contribution in [0.4, 0.5) is 13.2 Å². The van der Waals surface area contributed by atoms with Crippen LogP contribution in [0.1, 0.15) is 57.7 Å². The Morgan fingerprint density at radius 3 is 2.20 bits per heavy atom. The molecular weight excluding hydrogens is 343 g/mol. The third-order valence-electron chi connectivity index (χ3n) is 5.60. The van der Waals surface area contributed by atoms with Crippen molar-refractivity contribution in [2.24, 2.45) is 11.7 Å². The van der Waals surface area contributed by atoms with Crippen LogP contribution >= 0.6 is 0 Å². The first-order valence-corrected chi connectivity index (χ1v) is 11.9. The maximum Gasteiger partial charge on any atom is 0.300 e. The standard InChI is InChI=1S/C19H30F3NOSi/c1-5-25(6-2,7-3)24-18(14-11-12-14)19(21,22)16-10-8-9-15(13(4)23)17(16)20/h8-10,13-14,18H,5-7,11-12,23H2,1-4H3/t13-,18-/m1/s1. The van der Waals surface area contributed by atoms with Crippen LogP contribution in [0.5, 0.6) is 0 Å². The quantitative estimate of drug-likeness (QED) is 0.560. The van der Waals surface area contributed by atoms with Crippen molar-refractivity contribution in [2.75, 3.05) is 0 Å². The van der Waals surface area contributed by atoms with Crippen LogP contribution in [0.2, 0.25) is 18.1 Å². The molecule has 1 aliphatic carbocycles. The van der Waals surface area contributed by atoms with Crippen molar-refractivity contribution >= 4 is 8.32 Å². The summed E-state index contributed by atoms with van der Waals surface area (Å²) < 4.78 is 51.7. The lowest BCUT2D eigenvalue weighted by Crippen LogP contribution is -2.47. The van der Waals surface area contributed by atoms with Gasteiger partial charge in [0.05, 0.1) is 5.56 Å². The van der Waals surface area contributed by atoms with E-state index in [0.717, 1.165) is 31.0 Å². The molecule has 2 rings (SSSR count). The average molecular weight is 374 g/mol. The van der Waals surface area contributed by atoms with E-state index in [-0.39, 0.29) is 11.5 Å². The molecule has 0 aromatic heterocycles. The molecule has 1 aliphatic rings. The van der Waals surface area contributed by atoms with Crippen molar-refractivity contribution < 1.29 is 17.6 Å². The first kappa shape index (κ1) is 20.5. The highest BCUT2D eigenvalue weighted by atomic mass is 28.4. The van der Waals surface area contributed by atoms with Crippen LogP contribution in [-0.4, -0.2) is 14.4 Å². The zero-order chi connectivity index (χ0) is 18.8. The van der Waals surface area contributed by atoms with Gasteiger partial charge in [0.25, 0.3) is 0 Å². The summed E-state index contributed by atoms with van der Waals surface area (Å²) in [6, 6.07) is 5.85. The smallest absolute Gasteiger partial charge is 0.300 e. The molecule has 0 heterocycles. The van der Waals surface area contributed by atoms with Crippen molar-refractivity contribution in [3.8, 4) is 0 Å². The molecule has 0 radical (unpaired) electrons. The molecule has 25 heavy (non-hydrogen) atoms. The molecule has 0 bridgehead atoms. The Labute approximate surface area is 150 Å². The molecule has 6 heteroatoms. The number of halogens is 3. The average Bonchev–Trinajstić information content (AvgIpc) is 3.41. The highest BCUT2D eigenvalue weighted by Crippen LogP contribution is 2.49. The molecule has 0 amide bonds. The third-order valence-corrected chi connectivity index (χ3v) is 10.2. The van der Waals surface area contributed by atoms with Gasteiger partial charge in [-0.25, -0.2) is 4.39 Å². The predicted molar refractivity (Wildman–Crippen MR) is 97.7 cm³/mol. The summed E-state index contributed by atoms with van der Waals surface area (Å²) >= 11 is 0. The van der Waals surface area contributed by atoms with Crippen molar-refractivity contribution in [1.29, 1.82) is 0 Å². The minimum absolute atomic E-state index is 0.122. The molecule has 1 aromatic carbocycles. The number of hydrogen-bond acceptors (Lipinski definition) is 2. The van der Waals surface area contributed by atoms with Gasteiger partial charge in [-0.2, -0.15) is 8.78 Å². The molecule has 1 fully saturated rings. The Hall–Kier alpha value is -0.853. The first-order chi connectivity index (χ1) is 11.7. The third kappa shape index (κ3) is 4.12. The van der Waals surface area contributed by atoms with E-state index in [0.29, 0.717) is 0 Å². The van der Waals surface area contributed by atoms with E-state index in [1.165, 1.54) is 18.2 Å². The molecule has 0 spiro atoms. The van der Waals surface area contributed by atoms with Gasteiger partial charge < -0.3 is 10.2 Å². The number of rotatable bonds is 9. The van der Waals surface area contributed by atoms with Gasteiger partial charge in [-0.3, -0.25) is 0 Å². The molecule has 1 aromatic rings. The van der Waals surface area contributed by atoms with E-state index in [1.54, 1.807) is 6.92 Å². The van der Waals surface area contributed by atoms with E-state index in [2.05, 4.69) is 0 Å². The van der Waals surface area contributed by atoms with Crippen LogP contribution in [-0.2, 0) is 10.3 Å². The van der Waals surface area contributed by atoms with Crippen LogP contribution < -0.4 is 5.73 Å². The van der Waals surface area contributed by atoms with Crippen LogP contribution in [0.15, 0.2) is 18.2 Å². The van der Waals surface area contributed by atoms with Crippen molar-refractivity contribution in [2.45, 2.75) is 76.7 Å². The maximum atomic E-state index is 15.4. The monoisotopic (exact) mass is 373 g/mol. The Bertz CT molecular complexity index is 578. The Morgan fingerprint density at radius 1 is 1.20 bits per heavy atom. The van der Waals surface area contributed by atoms with Crippen LogP contribution in [0, 0.1) is 11.7 Å². The normalized spacial score (nSPS) is 18.2. The van der Waals surface area contributed by atoms with Gasteiger partial charge >= 0.3 is 5.92 Å². The van der Waals surface area contributed by atoms with E-state index in [9.17, 15) is 4.39 Å². The highest BCUT2D eigenvalue weighted by molar-refractivity contribution is 6.73. The van der Waals surface area contributed by atoms with Crippen molar-refractivity contribution in [1.82, 2.24) is 0 Å². The fraction of sp³-hybridized carbons (Fsp3) is 0.684. The fourth-order valence-electron chi connectivity index (χ4n) is 3.45. The second-order valence-corrected chi connectivity index (χ2v) is 12.0. The number of benzene rings is 1. The molecule has 0 unspecified atom stereocenters. The summed E-state index contributed by atoms with van der Waals surface area (Å²) in [7, 11) is -2.23. The Morgan fingerprint density at radius 2 is 1.76 bits per heavy atom. The predicted octanol–water partition coefficient (Wildman–Crippen LogP) is 5.74. The molecular formula is C19H30F3NOSi. The van der Waals surface area contributed by atoms with Gasteiger partial charge in [0, 0.05) is 11.6 Å². The van der Waals surface area contributed by atoms with Gasteiger partial charge in [0.2, 0.25) is 0 Å². The van der Waals surface area contributed by atoms with Gasteiger partial charge in [-0.15, -0.1) is 0 Å². The van der Waals surface area contributed by atoms with Gasteiger partial charge in [0.1, 0.15) is 11.9 Å². The summed E-state index contributed by atoms with van der Waals surface area (Å²) in [5.41, 5.74) is 5.28. The zero-order valence-electron chi connectivity index (χ0n) is 15.6. The SMILES string of the molecule is CC[Si](CC)(CC)O[C@H](C1CC1)C(F)(F)c1cccc([C@@H](C)N)c1F. The first-order valence-electron chi connectivity index (χ1n) is 9.32. The van der Waals surface area contributed by atoms with Crippen LogP contribution in [0.25, 0.3) is 0 Å². The molecule has 1 saturated carbocycles. The number of hydrogen-bond donors (Lipinski definition) is 1. The topological polar surface area (TPSA) is 35.2 Å². The minimum atomic E-state index is -3.35. The number of nitrogens with two attached hydrogens (primary N) is 1. The van der Waals surface area contributed by atoms with E-state index in [1.807, 2.05) is 20.8 Å². The molecule has 0 saturated heterocycles. The lowest BCUT2D eigenvalue weighted by atomic mass is 9.95. The van der Waals surface area contributed by atoms with Gasteiger partial charge in [0.15, 0.2) is 8.32 Å². The van der Waals surface area contributed by atoms with E-state index in [4.69, 9.17) is 10.2 Å². The second kappa shape index (κ2) is 7.80. The molecule has 2 nitrogen and oxygen atoms in total. The lowest BCUT2D eigenvalue weighted by molar-refractivity contribution is -0.118.